The molecule has 0 spiro atoms. The van der Waals surface area contributed by atoms with Gasteiger partial charge in [0.2, 0.25) is 0 Å². The number of carboxylic acid groups (broad SMARTS) is 1. The third-order valence-corrected chi connectivity index (χ3v) is 2.88. The molecule has 2 rings (SSSR count). The average Bonchev–Trinajstić information content (AvgIpc) is 2.76. The second kappa shape index (κ2) is 5.68. The van der Waals surface area contributed by atoms with E-state index in [2.05, 4.69) is 31.2 Å². The predicted molar refractivity (Wildman–Crippen MR) is 70.3 cm³/mol. The third-order valence-electron chi connectivity index (χ3n) is 2.47. The van der Waals surface area contributed by atoms with Gasteiger partial charge in [-0.2, -0.15) is 0 Å². The fraction of sp³-hybridized carbons (Fsp3) is 0.167. The minimum Gasteiger partial charge on any atom is -0.465 e. The normalized spacial score (nSPS) is 12.1. The van der Waals surface area contributed by atoms with E-state index in [4.69, 9.17) is 5.11 Å². The fourth-order valence-electron chi connectivity index (χ4n) is 1.71. The highest BCUT2D eigenvalue weighted by Crippen LogP contribution is 2.17. The van der Waals surface area contributed by atoms with Gasteiger partial charge in [-0.15, -0.1) is 0 Å². The van der Waals surface area contributed by atoms with Gasteiger partial charge in [-0.25, -0.2) is 9.78 Å². The molecule has 0 saturated carbocycles. The molecule has 1 atom stereocenters. The summed E-state index contributed by atoms with van der Waals surface area (Å²) in [4.78, 5) is 17.9. The zero-order valence-corrected chi connectivity index (χ0v) is 11.0. The Hall–Kier alpha value is -1.82. The van der Waals surface area contributed by atoms with Gasteiger partial charge >= 0.3 is 6.09 Å². The molecule has 0 bridgehead atoms. The number of benzene rings is 1. The minimum atomic E-state index is -1.07. The molecule has 1 aromatic heterocycles. The van der Waals surface area contributed by atoms with Gasteiger partial charge in [-0.05, 0) is 21.5 Å². The zero-order chi connectivity index (χ0) is 13.0. The van der Waals surface area contributed by atoms with Crippen LogP contribution in [0.4, 0.5) is 4.79 Å². The van der Waals surface area contributed by atoms with Crippen LogP contribution in [0.25, 0.3) is 0 Å². The number of imidazole rings is 1. The summed E-state index contributed by atoms with van der Waals surface area (Å²) in [7, 11) is 0. The van der Waals surface area contributed by atoms with E-state index in [0.717, 1.165) is 10.2 Å². The van der Waals surface area contributed by atoms with Crippen molar-refractivity contribution in [1.29, 1.82) is 0 Å². The second-order valence-electron chi connectivity index (χ2n) is 3.81. The van der Waals surface area contributed by atoms with E-state index in [0.29, 0.717) is 12.2 Å². The summed E-state index contributed by atoms with van der Waals surface area (Å²) in [6.07, 6.45) is 1.09. The van der Waals surface area contributed by atoms with Crippen LogP contribution in [0.15, 0.2) is 41.1 Å². The average molecular weight is 310 g/mol. The first-order chi connectivity index (χ1) is 8.65. The lowest BCUT2D eigenvalue weighted by Gasteiger charge is -2.14. The van der Waals surface area contributed by atoms with E-state index in [1.165, 1.54) is 0 Å². The van der Waals surface area contributed by atoms with Crippen molar-refractivity contribution in [3.05, 3.63) is 52.5 Å². The standard InChI is InChI=1S/C12H12BrN3O2/c13-10-7-14-11(16-10)9(15-12(17)18)6-8-4-2-1-3-5-8/h1-5,7,9,15H,6H2,(H,14,16)(H,17,18)/t9-/m0/s1. The van der Waals surface area contributed by atoms with Gasteiger partial charge in [0.05, 0.1) is 12.2 Å². The monoisotopic (exact) mass is 309 g/mol. The molecule has 0 radical (unpaired) electrons. The molecule has 0 saturated heterocycles. The van der Waals surface area contributed by atoms with Crippen molar-refractivity contribution >= 4 is 22.0 Å². The van der Waals surface area contributed by atoms with E-state index in [-0.39, 0.29) is 0 Å². The Balaban J connectivity index is 2.18. The molecule has 3 N–H and O–H groups in total. The molecule has 0 aliphatic heterocycles. The maximum atomic E-state index is 10.8. The Morgan fingerprint density at radius 3 is 2.72 bits per heavy atom. The number of nitrogens with zero attached hydrogens (tertiary/aromatic N) is 1. The highest BCUT2D eigenvalue weighted by Gasteiger charge is 2.17. The van der Waals surface area contributed by atoms with Gasteiger partial charge in [0, 0.05) is 6.42 Å². The highest BCUT2D eigenvalue weighted by atomic mass is 79.9. The van der Waals surface area contributed by atoms with Crippen LogP contribution in [0.2, 0.25) is 0 Å². The van der Waals surface area contributed by atoms with Gasteiger partial charge in [0.1, 0.15) is 10.4 Å². The molecule has 0 unspecified atom stereocenters. The van der Waals surface area contributed by atoms with Crippen LogP contribution in [-0.4, -0.2) is 21.2 Å². The Morgan fingerprint density at radius 2 is 2.17 bits per heavy atom. The van der Waals surface area contributed by atoms with Gasteiger partial charge < -0.3 is 15.4 Å². The van der Waals surface area contributed by atoms with Crippen molar-refractivity contribution in [3.63, 3.8) is 0 Å². The van der Waals surface area contributed by atoms with Crippen LogP contribution in [0.1, 0.15) is 17.4 Å². The number of aromatic nitrogens is 2. The maximum Gasteiger partial charge on any atom is 0.405 e. The molecule has 0 aliphatic rings. The molecule has 1 aromatic carbocycles. The van der Waals surface area contributed by atoms with Gasteiger partial charge in [0.25, 0.3) is 0 Å². The molecule has 0 aliphatic carbocycles. The first kappa shape index (κ1) is 12.6. The SMILES string of the molecule is O=C(O)N[C@@H](Cc1ccccc1)c1ncc(Br)[nH]1. The maximum absolute atomic E-state index is 10.8. The Morgan fingerprint density at radius 1 is 1.44 bits per heavy atom. The van der Waals surface area contributed by atoms with Crippen molar-refractivity contribution in [2.24, 2.45) is 0 Å². The third kappa shape index (κ3) is 3.33. The second-order valence-corrected chi connectivity index (χ2v) is 4.66. The Bertz CT molecular complexity index is 527. The first-order valence-electron chi connectivity index (χ1n) is 5.39. The van der Waals surface area contributed by atoms with Crippen molar-refractivity contribution in [2.45, 2.75) is 12.5 Å². The summed E-state index contributed by atoms with van der Waals surface area (Å²) in [6.45, 7) is 0. The molecule has 1 heterocycles. The number of hydrogen-bond acceptors (Lipinski definition) is 2. The summed E-state index contributed by atoms with van der Waals surface area (Å²) in [5.41, 5.74) is 1.05. The number of nitrogens with one attached hydrogen (secondary N) is 2. The summed E-state index contributed by atoms with van der Waals surface area (Å²) < 4.78 is 0.725. The Kier molecular flexibility index (Phi) is 3.99. The van der Waals surface area contributed by atoms with Crippen molar-refractivity contribution < 1.29 is 9.90 Å². The van der Waals surface area contributed by atoms with Crippen molar-refractivity contribution in [1.82, 2.24) is 15.3 Å². The van der Waals surface area contributed by atoms with Crippen LogP contribution < -0.4 is 5.32 Å². The van der Waals surface area contributed by atoms with E-state index in [9.17, 15) is 4.79 Å². The molecule has 6 heteroatoms. The van der Waals surface area contributed by atoms with Gasteiger partial charge in [-0.1, -0.05) is 30.3 Å². The lowest BCUT2D eigenvalue weighted by Crippen LogP contribution is -2.29. The molecular formula is C12H12BrN3O2. The molecule has 2 aromatic rings. The molecule has 94 valence electrons. The van der Waals surface area contributed by atoms with Crippen LogP contribution >= 0.6 is 15.9 Å². The number of amides is 1. The smallest absolute Gasteiger partial charge is 0.405 e. The van der Waals surface area contributed by atoms with Crippen LogP contribution in [0.3, 0.4) is 0 Å². The number of carbonyl (C=O) groups is 1. The van der Waals surface area contributed by atoms with Gasteiger partial charge in [0.15, 0.2) is 0 Å². The van der Waals surface area contributed by atoms with E-state index >= 15 is 0 Å². The minimum absolute atomic E-state index is 0.392. The van der Waals surface area contributed by atoms with E-state index in [1.807, 2.05) is 30.3 Å². The van der Waals surface area contributed by atoms with Crippen LogP contribution in [0.5, 0.6) is 0 Å². The topological polar surface area (TPSA) is 78.0 Å². The lowest BCUT2D eigenvalue weighted by molar-refractivity contribution is 0.189. The summed E-state index contributed by atoms with van der Waals surface area (Å²) in [5, 5.41) is 11.3. The Labute approximate surface area is 112 Å². The van der Waals surface area contributed by atoms with E-state index in [1.54, 1.807) is 6.20 Å². The summed E-state index contributed by atoms with van der Waals surface area (Å²) in [5.74, 6) is 0.591. The quantitative estimate of drug-likeness (QED) is 0.812. The fourth-order valence-corrected chi connectivity index (χ4v) is 2.01. The number of H-pyrrole nitrogens is 1. The van der Waals surface area contributed by atoms with Gasteiger partial charge in [-0.3, -0.25) is 0 Å². The van der Waals surface area contributed by atoms with Crippen LogP contribution in [-0.2, 0) is 6.42 Å². The van der Waals surface area contributed by atoms with Crippen LogP contribution in [0, 0.1) is 0 Å². The van der Waals surface area contributed by atoms with E-state index < -0.39 is 12.1 Å². The number of hydrogen-bond donors (Lipinski definition) is 3. The number of rotatable bonds is 4. The number of halogens is 1. The predicted octanol–water partition coefficient (Wildman–Crippen LogP) is 2.72. The molecule has 0 fully saturated rings. The van der Waals surface area contributed by atoms with Crippen molar-refractivity contribution in [2.75, 3.05) is 0 Å². The highest BCUT2D eigenvalue weighted by molar-refractivity contribution is 9.10. The lowest BCUT2D eigenvalue weighted by atomic mass is 10.1. The largest absolute Gasteiger partial charge is 0.465 e. The molecule has 5 nitrogen and oxygen atoms in total. The summed E-state index contributed by atoms with van der Waals surface area (Å²) in [6, 6.07) is 9.28. The van der Waals surface area contributed by atoms with Crippen molar-refractivity contribution in [3.8, 4) is 0 Å². The zero-order valence-electron chi connectivity index (χ0n) is 9.43. The molecule has 1 amide bonds. The molecule has 18 heavy (non-hydrogen) atoms. The summed E-state index contributed by atoms with van der Waals surface area (Å²) >= 11 is 3.26. The molecular weight excluding hydrogens is 298 g/mol. The first-order valence-corrected chi connectivity index (χ1v) is 6.18. The number of aromatic amines is 1.